The van der Waals surface area contributed by atoms with Crippen LogP contribution in [0.4, 0.5) is 0 Å². The molecule has 0 atom stereocenters. The Labute approximate surface area is 70.4 Å². The van der Waals surface area contributed by atoms with Crippen LogP contribution >= 0.6 is 0 Å². The molecule has 0 radical (unpaired) electrons. The van der Waals surface area contributed by atoms with Crippen molar-refractivity contribution in [2.24, 2.45) is 0 Å². The van der Waals surface area contributed by atoms with Crippen LogP contribution in [0.1, 0.15) is 39.0 Å². The van der Waals surface area contributed by atoms with Gasteiger partial charge in [0.05, 0.1) is 0 Å². The Bertz CT molecular complexity index is 78.9. The first-order valence-corrected chi connectivity index (χ1v) is 4.60. The molecule has 0 aromatic carbocycles. The molecule has 0 unspecified atom stereocenters. The van der Waals surface area contributed by atoms with Gasteiger partial charge in [-0.05, 0) is 12.8 Å². The molecule has 0 aliphatic rings. The van der Waals surface area contributed by atoms with Crippen molar-refractivity contribution < 1.29 is 4.74 Å². The quantitative estimate of drug-likeness (QED) is 0.387. The average molecular weight is 156 g/mol. The minimum absolute atomic E-state index is 0.843. The highest BCUT2D eigenvalue weighted by molar-refractivity contribution is 4.64. The SMILES string of the molecule is C=CCCOCCCCCC. The van der Waals surface area contributed by atoms with Crippen molar-refractivity contribution in [3.05, 3.63) is 12.7 Å². The van der Waals surface area contributed by atoms with E-state index >= 15 is 0 Å². The summed E-state index contributed by atoms with van der Waals surface area (Å²) in [6.07, 6.45) is 8.03. The van der Waals surface area contributed by atoms with Crippen molar-refractivity contribution in [3.8, 4) is 0 Å². The number of unbranched alkanes of at least 4 members (excludes halogenated alkanes) is 3. The number of hydrogen-bond donors (Lipinski definition) is 0. The lowest BCUT2D eigenvalue weighted by Gasteiger charge is -2.00. The van der Waals surface area contributed by atoms with E-state index < -0.39 is 0 Å². The smallest absolute Gasteiger partial charge is 0.0500 e. The lowest BCUT2D eigenvalue weighted by Crippen LogP contribution is -1.95. The molecule has 0 N–H and O–H groups in total. The summed E-state index contributed by atoms with van der Waals surface area (Å²) in [5.74, 6) is 0. The van der Waals surface area contributed by atoms with E-state index in [0.717, 1.165) is 19.6 Å². The molecular weight excluding hydrogens is 136 g/mol. The summed E-state index contributed by atoms with van der Waals surface area (Å²) in [7, 11) is 0. The predicted molar refractivity (Wildman–Crippen MR) is 49.8 cm³/mol. The molecule has 0 bridgehead atoms. The Morgan fingerprint density at radius 2 is 2.00 bits per heavy atom. The van der Waals surface area contributed by atoms with Gasteiger partial charge in [-0.2, -0.15) is 0 Å². The van der Waals surface area contributed by atoms with Crippen LogP contribution in [-0.4, -0.2) is 13.2 Å². The van der Waals surface area contributed by atoms with E-state index in [-0.39, 0.29) is 0 Å². The molecular formula is C10H20O. The van der Waals surface area contributed by atoms with Gasteiger partial charge < -0.3 is 4.74 Å². The van der Waals surface area contributed by atoms with Crippen LogP contribution in [0, 0.1) is 0 Å². The zero-order chi connectivity index (χ0) is 8.36. The highest BCUT2D eigenvalue weighted by atomic mass is 16.5. The highest BCUT2D eigenvalue weighted by Gasteiger charge is 1.87. The van der Waals surface area contributed by atoms with E-state index in [9.17, 15) is 0 Å². The summed E-state index contributed by atoms with van der Waals surface area (Å²) < 4.78 is 5.35. The Morgan fingerprint density at radius 3 is 2.64 bits per heavy atom. The van der Waals surface area contributed by atoms with Gasteiger partial charge in [-0.15, -0.1) is 6.58 Å². The second-order valence-electron chi connectivity index (χ2n) is 2.75. The summed E-state index contributed by atoms with van der Waals surface area (Å²) in [5.41, 5.74) is 0. The average Bonchev–Trinajstić information content (AvgIpc) is 2.03. The molecule has 66 valence electrons. The van der Waals surface area contributed by atoms with Gasteiger partial charge in [0.2, 0.25) is 0 Å². The molecule has 0 fully saturated rings. The zero-order valence-electron chi connectivity index (χ0n) is 7.64. The third-order valence-electron chi connectivity index (χ3n) is 1.61. The zero-order valence-corrected chi connectivity index (χ0v) is 7.64. The van der Waals surface area contributed by atoms with Crippen molar-refractivity contribution in [2.45, 2.75) is 39.0 Å². The van der Waals surface area contributed by atoms with Crippen molar-refractivity contribution in [1.29, 1.82) is 0 Å². The molecule has 1 nitrogen and oxygen atoms in total. The first-order chi connectivity index (χ1) is 5.41. The maximum absolute atomic E-state index is 5.35. The Hall–Kier alpha value is -0.300. The first-order valence-electron chi connectivity index (χ1n) is 4.60. The predicted octanol–water partition coefficient (Wildman–Crippen LogP) is 3.16. The summed E-state index contributed by atoms with van der Waals surface area (Å²) in [4.78, 5) is 0. The van der Waals surface area contributed by atoms with Gasteiger partial charge in [-0.3, -0.25) is 0 Å². The lowest BCUT2D eigenvalue weighted by molar-refractivity contribution is 0.134. The minimum atomic E-state index is 0.843. The van der Waals surface area contributed by atoms with Gasteiger partial charge in [0, 0.05) is 13.2 Å². The molecule has 0 saturated heterocycles. The van der Waals surface area contributed by atoms with Crippen molar-refractivity contribution in [3.63, 3.8) is 0 Å². The molecule has 0 amide bonds. The molecule has 0 heterocycles. The Morgan fingerprint density at radius 1 is 1.18 bits per heavy atom. The van der Waals surface area contributed by atoms with Crippen molar-refractivity contribution in [1.82, 2.24) is 0 Å². The maximum atomic E-state index is 5.35. The van der Waals surface area contributed by atoms with Gasteiger partial charge in [0.25, 0.3) is 0 Å². The van der Waals surface area contributed by atoms with Crippen LogP contribution in [-0.2, 0) is 4.74 Å². The molecule has 0 aromatic rings. The molecule has 0 aliphatic carbocycles. The van der Waals surface area contributed by atoms with E-state index in [1.165, 1.54) is 25.7 Å². The largest absolute Gasteiger partial charge is 0.381 e. The second kappa shape index (κ2) is 9.70. The molecule has 1 heteroatoms. The summed E-state index contributed by atoms with van der Waals surface area (Å²) >= 11 is 0. The van der Waals surface area contributed by atoms with Gasteiger partial charge >= 0.3 is 0 Å². The molecule has 0 aromatic heterocycles. The summed E-state index contributed by atoms with van der Waals surface area (Å²) in [6, 6.07) is 0. The fourth-order valence-corrected chi connectivity index (χ4v) is 0.900. The van der Waals surface area contributed by atoms with Crippen molar-refractivity contribution in [2.75, 3.05) is 13.2 Å². The summed E-state index contributed by atoms with van der Waals surface area (Å²) in [6.45, 7) is 7.62. The first kappa shape index (κ1) is 10.7. The van der Waals surface area contributed by atoms with E-state index in [2.05, 4.69) is 13.5 Å². The van der Waals surface area contributed by atoms with Crippen LogP contribution < -0.4 is 0 Å². The van der Waals surface area contributed by atoms with Crippen LogP contribution in [0.25, 0.3) is 0 Å². The lowest BCUT2D eigenvalue weighted by atomic mass is 10.2. The van der Waals surface area contributed by atoms with E-state index in [0.29, 0.717) is 0 Å². The van der Waals surface area contributed by atoms with Gasteiger partial charge in [-0.1, -0.05) is 32.3 Å². The van der Waals surface area contributed by atoms with Gasteiger partial charge in [0.1, 0.15) is 0 Å². The minimum Gasteiger partial charge on any atom is -0.381 e. The third kappa shape index (κ3) is 9.70. The molecule has 0 saturated carbocycles. The number of rotatable bonds is 8. The maximum Gasteiger partial charge on any atom is 0.0500 e. The van der Waals surface area contributed by atoms with Crippen LogP contribution in [0.15, 0.2) is 12.7 Å². The molecule has 0 spiro atoms. The summed E-state index contributed by atoms with van der Waals surface area (Å²) in [5, 5.41) is 0. The van der Waals surface area contributed by atoms with Crippen LogP contribution in [0.5, 0.6) is 0 Å². The van der Waals surface area contributed by atoms with Gasteiger partial charge in [0.15, 0.2) is 0 Å². The second-order valence-corrected chi connectivity index (χ2v) is 2.75. The monoisotopic (exact) mass is 156 g/mol. The Balaban J connectivity index is 2.74. The van der Waals surface area contributed by atoms with E-state index in [1.807, 2.05) is 6.08 Å². The number of ether oxygens (including phenoxy) is 1. The molecule has 0 aliphatic heterocycles. The van der Waals surface area contributed by atoms with Crippen molar-refractivity contribution >= 4 is 0 Å². The van der Waals surface area contributed by atoms with E-state index in [4.69, 9.17) is 4.74 Å². The Kier molecular flexibility index (Phi) is 9.44. The topological polar surface area (TPSA) is 9.23 Å². The molecule has 0 rings (SSSR count). The van der Waals surface area contributed by atoms with Crippen LogP contribution in [0.3, 0.4) is 0 Å². The normalized spacial score (nSPS) is 9.91. The fourth-order valence-electron chi connectivity index (χ4n) is 0.900. The standard InChI is InChI=1S/C10H20O/c1-3-5-7-8-10-11-9-6-4-2/h4H,2-3,5-10H2,1H3. The van der Waals surface area contributed by atoms with Gasteiger partial charge in [-0.25, -0.2) is 0 Å². The number of hydrogen-bond acceptors (Lipinski definition) is 1. The molecule has 11 heavy (non-hydrogen) atoms. The highest BCUT2D eigenvalue weighted by Crippen LogP contribution is 1.98. The fraction of sp³-hybridized carbons (Fsp3) is 0.800. The van der Waals surface area contributed by atoms with Crippen LogP contribution in [0.2, 0.25) is 0 Å². The third-order valence-corrected chi connectivity index (χ3v) is 1.61. The van der Waals surface area contributed by atoms with E-state index in [1.54, 1.807) is 0 Å².